The van der Waals surface area contributed by atoms with Gasteiger partial charge in [0.05, 0.1) is 6.10 Å². The fourth-order valence-electron chi connectivity index (χ4n) is 2.61. The van der Waals surface area contributed by atoms with Gasteiger partial charge in [0.15, 0.2) is 0 Å². The van der Waals surface area contributed by atoms with Crippen LogP contribution in [0.15, 0.2) is 0 Å². The number of nitrogens with one attached hydrogen (secondary N) is 1. The van der Waals surface area contributed by atoms with Crippen LogP contribution < -0.4 is 5.32 Å². The van der Waals surface area contributed by atoms with Gasteiger partial charge < -0.3 is 15.2 Å². The van der Waals surface area contributed by atoms with Gasteiger partial charge in [0.1, 0.15) is 0 Å². The molecule has 0 amide bonds. The highest BCUT2D eigenvalue weighted by Crippen LogP contribution is 2.47. The van der Waals surface area contributed by atoms with E-state index in [0.29, 0.717) is 18.1 Å². The number of ether oxygens (including phenoxy) is 1. The Labute approximate surface area is 98.6 Å². The molecule has 2 N–H and O–H groups in total. The van der Waals surface area contributed by atoms with Crippen LogP contribution in [0.3, 0.4) is 0 Å². The molecule has 2 aliphatic rings. The van der Waals surface area contributed by atoms with E-state index in [0.717, 1.165) is 26.1 Å². The topological polar surface area (TPSA) is 41.5 Å². The van der Waals surface area contributed by atoms with Crippen LogP contribution in [-0.2, 0) is 4.74 Å². The Morgan fingerprint density at radius 3 is 2.88 bits per heavy atom. The van der Waals surface area contributed by atoms with E-state index < -0.39 is 0 Å². The fourth-order valence-corrected chi connectivity index (χ4v) is 2.61. The molecule has 1 aliphatic heterocycles. The van der Waals surface area contributed by atoms with Crippen molar-refractivity contribution in [3.63, 3.8) is 0 Å². The molecule has 1 aliphatic carbocycles. The van der Waals surface area contributed by atoms with E-state index in [1.807, 2.05) is 0 Å². The van der Waals surface area contributed by atoms with Crippen molar-refractivity contribution in [1.82, 2.24) is 5.32 Å². The molecule has 3 nitrogen and oxygen atoms in total. The molecule has 2 fully saturated rings. The number of hydrogen-bond acceptors (Lipinski definition) is 3. The Kier molecular flexibility index (Phi) is 4.62. The highest BCUT2D eigenvalue weighted by molar-refractivity contribution is 4.94. The minimum Gasteiger partial charge on any atom is -0.396 e. The predicted molar refractivity (Wildman–Crippen MR) is 64.4 cm³/mol. The van der Waals surface area contributed by atoms with E-state index in [1.54, 1.807) is 0 Å². The minimum absolute atomic E-state index is 0.345. The first-order chi connectivity index (χ1) is 7.85. The van der Waals surface area contributed by atoms with Gasteiger partial charge in [0.2, 0.25) is 0 Å². The van der Waals surface area contributed by atoms with Gasteiger partial charge in [0.25, 0.3) is 0 Å². The SMILES string of the molecule is OCCC1(CNCCCC2CCCO2)CC1. The van der Waals surface area contributed by atoms with Gasteiger partial charge >= 0.3 is 0 Å². The van der Waals surface area contributed by atoms with Crippen molar-refractivity contribution in [2.75, 3.05) is 26.3 Å². The molecule has 1 heterocycles. The molecule has 3 heteroatoms. The second kappa shape index (κ2) is 5.99. The van der Waals surface area contributed by atoms with Crippen molar-refractivity contribution in [2.45, 2.75) is 51.0 Å². The standard InChI is InChI=1S/C13H25NO2/c15-9-7-13(5-6-13)11-14-8-1-3-12-4-2-10-16-12/h12,14-15H,1-11H2. The van der Waals surface area contributed by atoms with Crippen molar-refractivity contribution in [3.8, 4) is 0 Å². The summed E-state index contributed by atoms with van der Waals surface area (Å²) in [6.45, 7) is 3.52. The lowest BCUT2D eigenvalue weighted by molar-refractivity contribution is 0.102. The summed E-state index contributed by atoms with van der Waals surface area (Å²) in [4.78, 5) is 0. The quantitative estimate of drug-likeness (QED) is 0.620. The lowest BCUT2D eigenvalue weighted by atomic mass is 10.0. The molecule has 94 valence electrons. The van der Waals surface area contributed by atoms with E-state index in [1.165, 1.54) is 38.5 Å². The number of aliphatic hydroxyl groups is 1. The molecule has 0 bridgehead atoms. The largest absolute Gasteiger partial charge is 0.396 e. The summed E-state index contributed by atoms with van der Waals surface area (Å²) in [7, 11) is 0. The Morgan fingerprint density at radius 2 is 2.25 bits per heavy atom. The average molecular weight is 227 g/mol. The van der Waals surface area contributed by atoms with Crippen LogP contribution >= 0.6 is 0 Å². The molecule has 0 spiro atoms. The second-order valence-corrected chi connectivity index (χ2v) is 5.43. The van der Waals surface area contributed by atoms with Crippen LogP contribution in [0.2, 0.25) is 0 Å². The minimum atomic E-state index is 0.345. The molecular formula is C13H25NO2. The lowest BCUT2D eigenvalue weighted by Gasteiger charge is -2.15. The number of aliphatic hydroxyl groups excluding tert-OH is 1. The first-order valence-electron chi connectivity index (χ1n) is 6.78. The summed E-state index contributed by atoms with van der Waals surface area (Å²) in [5.74, 6) is 0. The maximum Gasteiger partial charge on any atom is 0.0576 e. The Bertz CT molecular complexity index is 198. The Hall–Kier alpha value is -0.120. The van der Waals surface area contributed by atoms with E-state index in [9.17, 15) is 0 Å². The number of hydrogen-bond donors (Lipinski definition) is 2. The van der Waals surface area contributed by atoms with Crippen molar-refractivity contribution >= 4 is 0 Å². The monoisotopic (exact) mass is 227 g/mol. The van der Waals surface area contributed by atoms with Crippen molar-refractivity contribution in [1.29, 1.82) is 0 Å². The Morgan fingerprint density at radius 1 is 1.38 bits per heavy atom. The third-order valence-corrected chi connectivity index (χ3v) is 4.00. The van der Waals surface area contributed by atoms with Gasteiger partial charge in [-0.2, -0.15) is 0 Å². The molecular weight excluding hydrogens is 202 g/mol. The van der Waals surface area contributed by atoms with E-state index in [4.69, 9.17) is 9.84 Å². The first-order valence-corrected chi connectivity index (χ1v) is 6.78. The molecule has 2 rings (SSSR count). The lowest BCUT2D eigenvalue weighted by Crippen LogP contribution is -2.26. The van der Waals surface area contributed by atoms with Crippen molar-refractivity contribution < 1.29 is 9.84 Å². The molecule has 0 aromatic carbocycles. The maximum absolute atomic E-state index is 8.94. The van der Waals surface area contributed by atoms with Gasteiger partial charge in [-0.25, -0.2) is 0 Å². The molecule has 16 heavy (non-hydrogen) atoms. The average Bonchev–Trinajstić information content (AvgIpc) is 2.85. The predicted octanol–water partition coefficient (Wildman–Crippen LogP) is 1.70. The molecule has 1 atom stereocenters. The molecule has 0 radical (unpaired) electrons. The van der Waals surface area contributed by atoms with Crippen LogP contribution in [0.25, 0.3) is 0 Å². The van der Waals surface area contributed by atoms with Gasteiger partial charge in [-0.3, -0.25) is 0 Å². The molecule has 1 saturated heterocycles. The highest BCUT2D eigenvalue weighted by Gasteiger charge is 2.41. The van der Waals surface area contributed by atoms with Crippen LogP contribution in [0.1, 0.15) is 44.9 Å². The summed E-state index contributed by atoms with van der Waals surface area (Å²) < 4.78 is 5.59. The number of rotatable bonds is 8. The van der Waals surface area contributed by atoms with Crippen LogP contribution in [-0.4, -0.2) is 37.5 Å². The summed E-state index contributed by atoms with van der Waals surface area (Å²) in [6, 6.07) is 0. The first kappa shape index (κ1) is 12.3. The van der Waals surface area contributed by atoms with Crippen molar-refractivity contribution in [3.05, 3.63) is 0 Å². The fraction of sp³-hybridized carbons (Fsp3) is 1.00. The van der Waals surface area contributed by atoms with Gasteiger partial charge in [0, 0.05) is 19.8 Å². The normalized spacial score (nSPS) is 27.2. The summed E-state index contributed by atoms with van der Waals surface area (Å²) in [5, 5.41) is 12.5. The van der Waals surface area contributed by atoms with E-state index in [-0.39, 0.29) is 0 Å². The molecule has 0 aromatic rings. The van der Waals surface area contributed by atoms with Crippen molar-refractivity contribution in [2.24, 2.45) is 5.41 Å². The van der Waals surface area contributed by atoms with E-state index in [2.05, 4.69) is 5.32 Å². The molecule has 1 saturated carbocycles. The highest BCUT2D eigenvalue weighted by atomic mass is 16.5. The van der Waals surface area contributed by atoms with Gasteiger partial charge in [-0.05, 0) is 56.9 Å². The Balaban J connectivity index is 1.45. The zero-order valence-corrected chi connectivity index (χ0v) is 10.2. The molecule has 1 unspecified atom stereocenters. The zero-order valence-electron chi connectivity index (χ0n) is 10.2. The maximum atomic E-state index is 8.94. The smallest absolute Gasteiger partial charge is 0.0576 e. The van der Waals surface area contributed by atoms with Gasteiger partial charge in [-0.1, -0.05) is 0 Å². The summed E-state index contributed by atoms with van der Waals surface area (Å²) >= 11 is 0. The van der Waals surface area contributed by atoms with Crippen LogP contribution in [0.5, 0.6) is 0 Å². The second-order valence-electron chi connectivity index (χ2n) is 5.43. The molecule has 0 aromatic heterocycles. The van der Waals surface area contributed by atoms with Crippen LogP contribution in [0, 0.1) is 5.41 Å². The summed E-state index contributed by atoms with van der Waals surface area (Å²) in [5.41, 5.74) is 0.457. The van der Waals surface area contributed by atoms with Gasteiger partial charge in [-0.15, -0.1) is 0 Å². The summed E-state index contributed by atoms with van der Waals surface area (Å²) in [6.07, 6.45) is 9.05. The third-order valence-electron chi connectivity index (χ3n) is 4.00. The van der Waals surface area contributed by atoms with Crippen LogP contribution in [0.4, 0.5) is 0 Å². The third kappa shape index (κ3) is 3.72. The van der Waals surface area contributed by atoms with E-state index >= 15 is 0 Å². The zero-order chi connectivity index (χ0) is 11.3.